The van der Waals surface area contributed by atoms with E-state index < -0.39 is 10.1 Å². The molecule has 1 heterocycles. The molecule has 0 aliphatic rings. The van der Waals surface area contributed by atoms with Gasteiger partial charge in [0.15, 0.2) is 0 Å². The van der Waals surface area contributed by atoms with Crippen molar-refractivity contribution in [1.29, 1.82) is 0 Å². The van der Waals surface area contributed by atoms with E-state index >= 15 is 0 Å². The number of imidazole rings is 1. The Labute approximate surface area is 129 Å². The number of rotatable bonds is 5. The van der Waals surface area contributed by atoms with E-state index in [-0.39, 0.29) is 6.61 Å². The monoisotopic (exact) mass is 328 g/mol. The minimum Gasteiger partial charge on any atom is -0.328 e. The van der Waals surface area contributed by atoms with Crippen LogP contribution in [0, 0.1) is 13.8 Å². The molecule has 0 bridgehead atoms. The van der Waals surface area contributed by atoms with Crippen LogP contribution < -0.4 is 0 Å². The van der Waals surface area contributed by atoms with Crippen LogP contribution in [0.1, 0.15) is 22.6 Å². The van der Waals surface area contributed by atoms with Gasteiger partial charge in [-0.1, -0.05) is 23.7 Å². The Morgan fingerprint density at radius 1 is 1.33 bits per heavy atom. The van der Waals surface area contributed by atoms with Gasteiger partial charge in [-0.25, -0.2) is 4.98 Å². The zero-order valence-corrected chi connectivity index (χ0v) is 13.7. The number of benzene rings is 1. The van der Waals surface area contributed by atoms with E-state index in [1.165, 1.54) is 0 Å². The molecule has 0 unspecified atom stereocenters. The standard InChI is InChI=1S/C14H17ClN2O3S/c1-10-7-16-11(2)17(10)8-13-5-4-12(6-14(13)15)9-20-21(3,18)19/h4-7H,8-9H2,1-3H3. The van der Waals surface area contributed by atoms with Gasteiger partial charge < -0.3 is 4.57 Å². The first-order chi connectivity index (χ1) is 9.76. The molecule has 1 aromatic carbocycles. The van der Waals surface area contributed by atoms with Crippen molar-refractivity contribution in [2.24, 2.45) is 0 Å². The molecule has 0 aliphatic carbocycles. The van der Waals surface area contributed by atoms with Crippen molar-refractivity contribution in [2.45, 2.75) is 27.0 Å². The van der Waals surface area contributed by atoms with E-state index in [0.29, 0.717) is 17.1 Å². The number of halogens is 1. The van der Waals surface area contributed by atoms with Crippen molar-refractivity contribution in [3.63, 3.8) is 0 Å². The minimum atomic E-state index is -3.45. The van der Waals surface area contributed by atoms with Crippen LogP contribution in [0.25, 0.3) is 0 Å². The quantitative estimate of drug-likeness (QED) is 0.792. The highest BCUT2D eigenvalue weighted by molar-refractivity contribution is 7.85. The molecule has 2 rings (SSSR count). The fourth-order valence-corrected chi connectivity index (χ4v) is 2.59. The second-order valence-electron chi connectivity index (χ2n) is 4.93. The second-order valence-corrected chi connectivity index (χ2v) is 6.98. The van der Waals surface area contributed by atoms with Crippen molar-refractivity contribution in [3.8, 4) is 0 Å². The third-order valence-corrected chi connectivity index (χ3v) is 4.04. The fraction of sp³-hybridized carbons (Fsp3) is 0.357. The molecule has 1 aromatic heterocycles. The molecule has 0 radical (unpaired) electrons. The summed E-state index contributed by atoms with van der Waals surface area (Å²) in [7, 11) is -3.45. The molecule has 5 nitrogen and oxygen atoms in total. The Morgan fingerprint density at radius 2 is 2.05 bits per heavy atom. The Hall–Kier alpha value is -1.37. The van der Waals surface area contributed by atoms with Crippen LogP contribution in [0.15, 0.2) is 24.4 Å². The summed E-state index contributed by atoms with van der Waals surface area (Å²) >= 11 is 6.26. The van der Waals surface area contributed by atoms with Crippen LogP contribution in [0.4, 0.5) is 0 Å². The first-order valence-electron chi connectivity index (χ1n) is 6.36. The highest BCUT2D eigenvalue weighted by atomic mass is 35.5. The van der Waals surface area contributed by atoms with Gasteiger partial charge >= 0.3 is 0 Å². The number of aryl methyl sites for hydroxylation is 2. The van der Waals surface area contributed by atoms with Gasteiger partial charge in [-0.15, -0.1) is 0 Å². The van der Waals surface area contributed by atoms with Crippen molar-refractivity contribution in [2.75, 3.05) is 6.26 Å². The van der Waals surface area contributed by atoms with Gasteiger partial charge in [0, 0.05) is 16.9 Å². The average molecular weight is 329 g/mol. The molecule has 0 saturated carbocycles. The Balaban J connectivity index is 2.16. The first-order valence-corrected chi connectivity index (χ1v) is 8.56. The van der Waals surface area contributed by atoms with Gasteiger partial charge in [0.05, 0.1) is 19.4 Å². The van der Waals surface area contributed by atoms with Gasteiger partial charge in [-0.05, 0) is 31.0 Å². The van der Waals surface area contributed by atoms with Gasteiger partial charge in [0.2, 0.25) is 0 Å². The summed E-state index contributed by atoms with van der Waals surface area (Å²) < 4.78 is 28.8. The SMILES string of the molecule is Cc1cnc(C)n1Cc1ccc(COS(C)(=O)=O)cc1Cl. The maximum absolute atomic E-state index is 11.0. The molecule has 0 spiro atoms. The molecule has 0 N–H and O–H groups in total. The highest BCUT2D eigenvalue weighted by Gasteiger charge is 2.09. The zero-order valence-electron chi connectivity index (χ0n) is 12.1. The molecule has 0 aliphatic heterocycles. The molecule has 7 heteroatoms. The topological polar surface area (TPSA) is 61.2 Å². The Morgan fingerprint density at radius 3 is 2.57 bits per heavy atom. The Bertz CT molecular complexity index is 734. The van der Waals surface area contributed by atoms with Crippen LogP contribution in [-0.2, 0) is 27.5 Å². The Kier molecular flexibility index (Phi) is 4.70. The van der Waals surface area contributed by atoms with E-state index in [9.17, 15) is 8.42 Å². The zero-order chi connectivity index (χ0) is 15.6. The summed E-state index contributed by atoms with van der Waals surface area (Å²) in [6.45, 7) is 4.54. The lowest BCUT2D eigenvalue weighted by Crippen LogP contribution is -2.06. The highest BCUT2D eigenvalue weighted by Crippen LogP contribution is 2.21. The third kappa shape index (κ3) is 4.30. The predicted molar refractivity (Wildman–Crippen MR) is 81.9 cm³/mol. The molecular weight excluding hydrogens is 312 g/mol. The lowest BCUT2D eigenvalue weighted by Gasteiger charge is -2.11. The van der Waals surface area contributed by atoms with E-state index in [2.05, 4.69) is 9.55 Å². The second kappa shape index (κ2) is 6.17. The molecule has 0 amide bonds. The maximum atomic E-state index is 11.0. The molecular formula is C14H17ClN2O3S. The first kappa shape index (κ1) is 16.0. The van der Waals surface area contributed by atoms with Crippen molar-refractivity contribution < 1.29 is 12.6 Å². The summed E-state index contributed by atoms with van der Waals surface area (Å²) in [6.07, 6.45) is 2.84. The van der Waals surface area contributed by atoms with Crippen molar-refractivity contribution in [1.82, 2.24) is 9.55 Å². The maximum Gasteiger partial charge on any atom is 0.264 e. The third-order valence-electron chi connectivity index (χ3n) is 3.14. The number of hydrogen-bond acceptors (Lipinski definition) is 4. The van der Waals surface area contributed by atoms with Crippen molar-refractivity contribution in [3.05, 3.63) is 52.1 Å². The van der Waals surface area contributed by atoms with Gasteiger partial charge in [-0.2, -0.15) is 8.42 Å². The molecule has 0 atom stereocenters. The fourth-order valence-electron chi connectivity index (χ4n) is 1.97. The van der Waals surface area contributed by atoms with Crippen LogP contribution in [0.5, 0.6) is 0 Å². The largest absolute Gasteiger partial charge is 0.328 e. The minimum absolute atomic E-state index is 0.0119. The summed E-state index contributed by atoms with van der Waals surface area (Å²) in [5.74, 6) is 0.924. The summed E-state index contributed by atoms with van der Waals surface area (Å²) in [4.78, 5) is 4.25. The van der Waals surface area contributed by atoms with Crippen LogP contribution in [0.2, 0.25) is 5.02 Å². The normalized spacial score (nSPS) is 11.8. The number of nitrogens with zero attached hydrogens (tertiary/aromatic N) is 2. The summed E-state index contributed by atoms with van der Waals surface area (Å²) in [6, 6.07) is 5.42. The van der Waals surface area contributed by atoms with E-state index in [4.69, 9.17) is 15.8 Å². The summed E-state index contributed by atoms with van der Waals surface area (Å²) in [5, 5.41) is 0.581. The van der Waals surface area contributed by atoms with Crippen LogP contribution >= 0.6 is 11.6 Å². The predicted octanol–water partition coefficient (Wildman–Crippen LogP) is 2.68. The number of aromatic nitrogens is 2. The van der Waals surface area contributed by atoms with Crippen molar-refractivity contribution >= 4 is 21.7 Å². The van der Waals surface area contributed by atoms with Crippen LogP contribution in [-0.4, -0.2) is 24.2 Å². The van der Waals surface area contributed by atoms with Crippen LogP contribution in [0.3, 0.4) is 0 Å². The smallest absolute Gasteiger partial charge is 0.264 e. The summed E-state index contributed by atoms with van der Waals surface area (Å²) in [5.41, 5.74) is 2.73. The van der Waals surface area contributed by atoms with E-state index in [1.54, 1.807) is 6.07 Å². The van der Waals surface area contributed by atoms with E-state index in [0.717, 1.165) is 23.3 Å². The molecule has 2 aromatic rings. The van der Waals surface area contributed by atoms with Gasteiger partial charge in [0.1, 0.15) is 5.82 Å². The lowest BCUT2D eigenvalue weighted by atomic mass is 10.1. The molecule has 114 valence electrons. The molecule has 0 saturated heterocycles. The number of hydrogen-bond donors (Lipinski definition) is 0. The molecule has 21 heavy (non-hydrogen) atoms. The lowest BCUT2D eigenvalue weighted by molar-refractivity contribution is 0.311. The van der Waals surface area contributed by atoms with E-state index in [1.807, 2.05) is 32.2 Å². The van der Waals surface area contributed by atoms with Gasteiger partial charge in [0.25, 0.3) is 10.1 Å². The van der Waals surface area contributed by atoms with Gasteiger partial charge in [-0.3, -0.25) is 4.18 Å². The average Bonchev–Trinajstić information content (AvgIpc) is 2.70. The molecule has 0 fully saturated rings.